The highest BCUT2D eigenvalue weighted by atomic mass is 32.2. The molecule has 9 nitrogen and oxygen atoms in total. The number of methoxy groups -OCH3 is 1. The third-order valence-corrected chi connectivity index (χ3v) is 6.39. The molecule has 0 unspecified atom stereocenters. The molecule has 10 heteroatoms. The zero-order valence-corrected chi connectivity index (χ0v) is 19.4. The van der Waals surface area contributed by atoms with Crippen LogP contribution in [0.2, 0.25) is 0 Å². The Morgan fingerprint density at radius 1 is 1.18 bits per heavy atom. The maximum atomic E-state index is 12.7. The van der Waals surface area contributed by atoms with E-state index >= 15 is 0 Å². The van der Waals surface area contributed by atoms with Crippen molar-refractivity contribution in [2.45, 2.75) is 43.8 Å². The number of carbonyl (C=O) groups excluding carboxylic acids is 2. The number of nitrogens with zero attached hydrogens (tertiary/aromatic N) is 4. The number of rotatable bonds is 8. The topological polar surface area (TPSA) is 111 Å². The van der Waals surface area contributed by atoms with Gasteiger partial charge in [-0.2, -0.15) is 4.68 Å². The number of ether oxygens (including phenoxy) is 1. The zero-order chi connectivity index (χ0) is 23.2. The number of carbonyl (C=O) groups is 2. The summed E-state index contributed by atoms with van der Waals surface area (Å²) in [7, 11) is 1.58. The van der Waals surface area contributed by atoms with Crippen LogP contribution >= 0.6 is 11.8 Å². The molecule has 1 aliphatic carbocycles. The van der Waals surface area contributed by atoms with Crippen molar-refractivity contribution in [3.05, 3.63) is 53.6 Å². The van der Waals surface area contributed by atoms with Crippen LogP contribution in [0.1, 0.15) is 41.6 Å². The molecule has 1 fully saturated rings. The van der Waals surface area contributed by atoms with Crippen LogP contribution in [-0.2, 0) is 4.79 Å². The highest BCUT2D eigenvalue weighted by Gasteiger charge is 2.21. The second-order valence-corrected chi connectivity index (χ2v) is 8.83. The molecule has 1 saturated carbocycles. The van der Waals surface area contributed by atoms with Crippen molar-refractivity contribution in [3.63, 3.8) is 0 Å². The van der Waals surface area contributed by atoms with Gasteiger partial charge in [0, 0.05) is 6.04 Å². The van der Waals surface area contributed by atoms with E-state index in [-0.39, 0.29) is 23.6 Å². The van der Waals surface area contributed by atoms with E-state index in [9.17, 15) is 9.59 Å². The average molecular weight is 467 g/mol. The Labute approximate surface area is 196 Å². The van der Waals surface area contributed by atoms with Crippen LogP contribution in [0, 0.1) is 6.92 Å². The number of aryl methyl sites for hydroxylation is 1. The van der Waals surface area contributed by atoms with Crippen LogP contribution in [0.4, 0.5) is 5.69 Å². The number of para-hydroxylation sites is 1. The monoisotopic (exact) mass is 466 g/mol. The van der Waals surface area contributed by atoms with Crippen molar-refractivity contribution in [1.82, 2.24) is 25.5 Å². The third kappa shape index (κ3) is 5.51. The number of tetrazole rings is 1. The van der Waals surface area contributed by atoms with Crippen molar-refractivity contribution < 1.29 is 14.3 Å². The number of amides is 2. The second kappa shape index (κ2) is 10.5. The van der Waals surface area contributed by atoms with Crippen LogP contribution in [0.5, 0.6) is 5.75 Å². The molecule has 33 heavy (non-hydrogen) atoms. The zero-order valence-electron chi connectivity index (χ0n) is 18.6. The number of aromatic nitrogens is 4. The summed E-state index contributed by atoms with van der Waals surface area (Å²) < 4.78 is 6.97. The SMILES string of the molecule is COc1ccc(C)cc1-n1nnnc1SCC(=O)Nc1ccccc1C(=O)NC1CCCC1. The van der Waals surface area contributed by atoms with E-state index in [2.05, 4.69) is 26.2 Å². The minimum atomic E-state index is -0.258. The van der Waals surface area contributed by atoms with Crippen LogP contribution in [0.3, 0.4) is 0 Å². The van der Waals surface area contributed by atoms with Gasteiger partial charge in [0.15, 0.2) is 0 Å². The lowest BCUT2D eigenvalue weighted by Gasteiger charge is -2.15. The Morgan fingerprint density at radius 2 is 1.97 bits per heavy atom. The van der Waals surface area contributed by atoms with E-state index < -0.39 is 0 Å². The summed E-state index contributed by atoms with van der Waals surface area (Å²) in [6, 6.07) is 12.9. The lowest BCUT2D eigenvalue weighted by atomic mass is 10.1. The fraction of sp³-hybridized carbons (Fsp3) is 0.348. The molecule has 3 aromatic rings. The van der Waals surface area contributed by atoms with Gasteiger partial charge in [-0.15, -0.1) is 5.10 Å². The summed E-state index contributed by atoms with van der Waals surface area (Å²) in [5.41, 5.74) is 2.66. The van der Waals surface area contributed by atoms with Crippen LogP contribution in [-0.4, -0.2) is 50.9 Å². The molecule has 172 valence electrons. The fourth-order valence-electron chi connectivity index (χ4n) is 3.83. The first-order valence-corrected chi connectivity index (χ1v) is 11.8. The predicted molar refractivity (Wildman–Crippen MR) is 126 cm³/mol. The summed E-state index contributed by atoms with van der Waals surface area (Å²) in [5, 5.41) is 18.2. The minimum Gasteiger partial charge on any atom is -0.494 e. The van der Waals surface area contributed by atoms with Crippen molar-refractivity contribution in [2.75, 3.05) is 18.2 Å². The van der Waals surface area contributed by atoms with E-state index in [1.54, 1.807) is 36.1 Å². The molecular weight excluding hydrogens is 440 g/mol. The normalized spacial score (nSPS) is 13.6. The molecular formula is C23H26N6O3S. The third-order valence-electron chi connectivity index (χ3n) is 5.47. The van der Waals surface area contributed by atoms with Crippen molar-refractivity contribution >= 4 is 29.3 Å². The molecule has 2 N–H and O–H groups in total. The minimum absolute atomic E-state index is 0.0765. The molecule has 2 amide bonds. The van der Waals surface area contributed by atoms with Gasteiger partial charge in [-0.1, -0.05) is 42.8 Å². The standard InChI is InChI=1S/C23H26N6O3S/c1-15-11-12-20(32-2)19(13-15)29-23(26-27-28-29)33-14-21(30)25-18-10-6-5-9-17(18)22(31)24-16-7-3-4-8-16/h5-6,9-13,16H,3-4,7-8,14H2,1-2H3,(H,24,31)(H,25,30). The van der Waals surface area contributed by atoms with Gasteiger partial charge in [-0.3, -0.25) is 9.59 Å². The van der Waals surface area contributed by atoms with Gasteiger partial charge in [-0.25, -0.2) is 0 Å². The molecule has 0 spiro atoms. The van der Waals surface area contributed by atoms with E-state index in [1.165, 1.54) is 11.8 Å². The molecule has 1 aliphatic rings. The van der Waals surface area contributed by atoms with Gasteiger partial charge in [0.05, 0.1) is 24.1 Å². The fourth-order valence-corrected chi connectivity index (χ4v) is 4.51. The average Bonchev–Trinajstić information content (AvgIpc) is 3.50. The highest BCUT2D eigenvalue weighted by Crippen LogP contribution is 2.27. The Bertz CT molecular complexity index is 1140. The van der Waals surface area contributed by atoms with Gasteiger partial charge < -0.3 is 15.4 Å². The molecule has 1 heterocycles. The second-order valence-electron chi connectivity index (χ2n) is 7.89. The Balaban J connectivity index is 1.42. The maximum absolute atomic E-state index is 12.7. The van der Waals surface area contributed by atoms with Crippen LogP contribution in [0.15, 0.2) is 47.6 Å². The van der Waals surface area contributed by atoms with Gasteiger partial charge in [0.2, 0.25) is 11.1 Å². The Kier molecular flexibility index (Phi) is 7.23. The first-order valence-electron chi connectivity index (χ1n) is 10.8. The van der Waals surface area contributed by atoms with Crippen molar-refractivity contribution in [2.24, 2.45) is 0 Å². The molecule has 0 radical (unpaired) electrons. The van der Waals surface area contributed by atoms with E-state index in [4.69, 9.17) is 4.74 Å². The number of nitrogens with one attached hydrogen (secondary N) is 2. The van der Waals surface area contributed by atoms with Crippen molar-refractivity contribution in [1.29, 1.82) is 0 Å². The first-order chi connectivity index (χ1) is 16.0. The van der Waals surface area contributed by atoms with E-state index in [0.717, 1.165) is 31.2 Å². The number of hydrogen-bond acceptors (Lipinski definition) is 7. The summed E-state index contributed by atoms with van der Waals surface area (Å²) in [6.45, 7) is 1.97. The molecule has 1 aromatic heterocycles. The maximum Gasteiger partial charge on any atom is 0.253 e. The van der Waals surface area contributed by atoms with Crippen molar-refractivity contribution in [3.8, 4) is 11.4 Å². The predicted octanol–water partition coefficient (Wildman–Crippen LogP) is 3.38. The highest BCUT2D eigenvalue weighted by molar-refractivity contribution is 7.99. The summed E-state index contributed by atoms with van der Waals surface area (Å²) in [4.78, 5) is 25.4. The molecule has 0 atom stereocenters. The first kappa shape index (κ1) is 22.8. The summed E-state index contributed by atoms with van der Waals surface area (Å²) >= 11 is 1.20. The molecule has 0 saturated heterocycles. The molecule has 2 aromatic carbocycles. The largest absolute Gasteiger partial charge is 0.494 e. The lowest BCUT2D eigenvalue weighted by molar-refractivity contribution is -0.113. The Hall–Kier alpha value is -3.40. The smallest absolute Gasteiger partial charge is 0.253 e. The lowest BCUT2D eigenvalue weighted by Crippen LogP contribution is -2.33. The van der Waals surface area contributed by atoms with E-state index in [1.807, 2.05) is 25.1 Å². The summed E-state index contributed by atoms with van der Waals surface area (Å²) in [6.07, 6.45) is 4.26. The van der Waals surface area contributed by atoms with Crippen LogP contribution in [0.25, 0.3) is 5.69 Å². The number of hydrogen-bond donors (Lipinski definition) is 2. The molecule has 0 bridgehead atoms. The number of benzene rings is 2. The number of anilines is 1. The molecule has 0 aliphatic heterocycles. The van der Waals surface area contributed by atoms with Gasteiger partial charge in [0.1, 0.15) is 11.4 Å². The quantitative estimate of drug-likeness (QED) is 0.490. The number of thioether (sulfide) groups is 1. The van der Waals surface area contributed by atoms with Crippen LogP contribution < -0.4 is 15.4 Å². The molecule has 4 rings (SSSR count). The van der Waals surface area contributed by atoms with Gasteiger partial charge in [-0.05, 0) is 60.0 Å². The summed E-state index contributed by atoms with van der Waals surface area (Å²) in [5.74, 6) is 0.279. The Morgan fingerprint density at radius 3 is 2.76 bits per heavy atom. The van der Waals surface area contributed by atoms with Gasteiger partial charge in [0.25, 0.3) is 5.91 Å². The van der Waals surface area contributed by atoms with E-state index in [0.29, 0.717) is 27.8 Å². The van der Waals surface area contributed by atoms with Gasteiger partial charge >= 0.3 is 0 Å².